The van der Waals surface area contributed by atoms with Crippen molar-refractivity contribution >= 4 is 23.0 Å². The highest BCUT2D eigenvalue weighted by molar-refractivity contribution is 7.07. The molecule has 0 radical (unpaired) electrons. The van der Waals surface area contributed by atoms with E-state index in [-0.39, 0.29) is 12.2 Å². The molecule has 0 aliphatic carbocycles. The predicted molar refractivity (Wildman–Crippen MR) is 108 cm³/mol. The molecule has 4 rings (SSSR count). The summed E-state index contributed by atoms with van der Waals surface area (Å²) >= 11 is 1.49. The quantitative estimate of drug-likeness (QED) is 0.456. The van der Waals surface area contributed by atoms with E-state index in [0.717, 1.165) is 11.3 Å². The number of fused-ring (bicyclic) bond motifs is 1. The van der Waals surface area contributed by atoms with E-state index in [0.29, 0.717) is 29.3 Å². The molecule has 0 aliphatic heterocycles. The maximum absolute atomic E-state index is 12.4. The van der Waals surface area contributed by atoms with Crippen LogP contribution in [0.1, 0.15) is 27.3 Å². The number of aromatic nitrogens is 3. The number of carbonyl (C=O) groups is 1. The molecule has 3 heterocycles. The summed E-state index contributed by atoms with van der Waals surface area (Å²) in [5.41, 5.74) is 4.55. The average molecular weight is 407 g/mol. The fourth-order valence-electron chi connectivity index (χ4n) is 2.73. The van der Waals surface area contributed by atoms with E-state index in [4.69, 9.17) is 9.47 Å². The van der Waals surface area contributed by atoms with Crippen molar-refractivity contribution in [2.75, 3.05) is 0 Å². The van der Waals surface area contributed by atoms with Gasteiger partial charge in [0.25, 0.3) is 5.56 Å². The van der Waals surface area contributed by atoms with Crippen LogP contribution in [0.25, 0.3) is 5.65 Å². The van der Waals surface area contributed by atoms with Gasteiger partial charge < -0.3 is 9.47 Å². The van der Waals surface area contributed by atoms with Gasteiger partial charge in [-0.15, -0.1) is 11.3 Å². The molecular weight excluding hydrogens is 390 g/mol. The molecule has 0 saturated carbocycles. The van der Waals surface area contributed by atoms with E-state index in [1.54, 1.807) is 42.0 Å². The third-order valence-corrected chi connectivity index (χ3v) is 4.79. The molecule has 0 atom stereocenters. The first-order chi connectivity index (χ1) is 14.1. The van der Waals surface area contributed by atoms with E-state index in [1.807, 2.05) is 18.4 Å². The van der Waals surface area contributed by atoms with E-state index >= 15 is 0 Å². The lowest BCUT2D eigenvalue weighted by Crippen LogP contribution is -2.17. The van der Waals surface area contributed by atoms with Gasteiger partial charge in [-0.05, 0) is 36.8 Å². The summed E-state index contributed by atoms with van der Waals surface area (Å²) in [4.78, 5) is 33.2. The van der Waals surface area contributed by atoms with Crippen LogP contribution in [0.5, 0.6) is 5.75 Å². The number of esters is 1. The molecule has 0 N–H and O–H groups in total. The maximum Gasteiger partial charge on any atom is 0.338 e. The number of rotatable bonds is 6. The predicted octanol–water partition coefficient (Wildman–Crippen LogP) is 3.40. The Labute approximate surface area is 170 Å². The molecule has 29 heavy (non-hydrogen) atoms. The van der Waals surface area contributed by atoms with Gasteiger partial charge in [0.15, 0.2) is 0 Å². The van der Waals surface area contributed by atoms with Crippen LogP contribution in [0.3, 0.4) is 0 Å². The minimum absolute atomic E-state index is 0.0949. The van der Waals surface area contributed by atoms with Crippen LogP contribution in [0.15, 0.2) is 64.3 Å². The zero-order chi connectivity index (χ0) is 20.2. The summed E-state index contributed by atoms with van der Waals surface area (Å²) in [5.74, 6) is 0.0277. The Morgan fingerprint density at radius 3 is 2.86 bits per heavy atom. The van der Waals surface area contributed by atoms with Crippen molar-refractivity contribution in [3.05, 3.63) is 92.4 Å². The molecule has 7 nitrogen and oxygen atoms in total. The number of benzene rings is 1. The lowest BCUT2D eigenvalue weighted by Gasteiger charge is -2.08. The number of pyridine rings is 1. The Morgan fingerprint density at radius 1 is 1.14 bits per heavy atom. The molecule has 0 aliphatic rings. The van der Waals surface area contributed by atoms with Crippen molar-refractivity contribution in [3.63, 3.8) is 0 Å². The highest BCUT2D eigenvalue weighted by Crippen LogP contribution is 2.16. The zero-order valence-corrected chi connectivity index (χ0v) is 16.4. The van der Waals surface area contributed by atoms with Crippen molar-refractivity contribution in [2.45, 2.75) is 20.1 Å². The van der Waals surface area contributed by atoms with Crippen molar-refractivity contribution in [3.8, 4) is 5.75 Å². The molecule has 3 aromatic heterocycles. The molecular formula is C21H17N3O4S. The number of ether oxygens (including phenoxy) is 2. The Bertz CT molecular complexity index is 1220. The lowest BCUT2D eigenvalue weighted by molar-refractivity contribution is 0.0467. The standard InChI is InChI=1S/C21H17N3O4S/c1-14-5-6-19-23-16(8-20(25)24(19)9-14)10-28-21(26)15-3-2-4-18(7-15)27-11-17-12-29-13-22-17/h2-9,12-13H,10-11H2,1H3. The summed E-state index contributed by atoms with van der Waals surface area (Å²) < 4.78 is 12.5. The minimum atomic E-state index is -0.519. The van der Waals surface area contributed by atoms with Crippen molar-refractivity contribution in [2.24, 2.45) is 0 Å². The highest BCUT2D eigenvalue weighted by Gasteiger charge is 2.11. The maximum atomic E-state index is 12.4. The van der Waals surface area contributed by atoms with Gasteiger partial charge in [0.05, 0.1) is 22.5 Å². The normalized spacial score (nSPS) is 10.8. The molecule has 1 aromatic carbocycles. The Hall–Kier alpha value is -3.52. The van der Waals surface area contributed by atoms with Crippen molar-refractivity contribution in [1.82, 2.24) is 14.4 Å². The fourth-order valence-corrected chi connectivity index (χ4v) is 3.28. The van der Waals surface area contributed by atoms with Gasteiger partial charge in [0.2, 0.25) is 0 Å². The second-order valence-electron chi connectivity index (χ2n) is 6.39. The third-order valence-electron chi connectivity index (χ3n) is 4.15. The monoisotopic (exact) mass is 407 g/mol. The fraction of sp³-hybridized carbons (Fsp3) is 0.143. The van der Waals surface area contributed by atoms with Gasteiger partial charge in [-0.3, -0.25) is 9.20 Å². The molecule has 0 spiro atoms. The Balaban J connectivity index is 1.43. The summed E-state index contributed by atoms with van der Waals surface area (Å²) in [7, 11) is 0. The molecule has 0 amide bonds. The summed E-state index contributed by atoms with van der Waals surface area (Å²) in [5, 5.41) is 1.90. The molecule has 0 fully saturated rings. The van der Waals surface area contributed by atoms with Crippen molar-refractivity contribution < 1.29 is 14.3 Å². The third kappa shape index (κ3) is 4.49. The Kier molecular flexibility index (Phi) is 5.35. The molecule has 4 aromatic rings. The topological polar surface area (TPSA) is 82.8 Å². The first-order valence-electron chi connectivity index (χ1n) is 8.84. The minimum Gasteiger partial charge on any atom is -0.487 e. The summed E-state index contributed by atoms with van der Waals surface area (Å²) in [6.07, 6.45) is 1.72. The number of carbonyl (C=O) groups excluding carboxylic acids is 1. The van der Waals surface area contributed by atoms with E-state index in [1.165, 1.54) is 21.8 Å². The average Bonchev–Trinajstić information content (AvgIpc) is 3.25. The van der Waals surface area contributed by atoms with E-state index in [2.05, 4.69) is 9.97 Å². The van der Waals surface area contributed by atoms with Crippen LogP contribution in [-0.2, 0) is 18.0 Å². The molecule has 146 valence electrons. The number of hydrogen-bond acceptors (Lipinski definition) is 7. The van der Waals surface area contributed by atoms with Crippen LogP contribution in [0, 0.1) is 6.92 Å². The van der Waals surface area contributed by atoms with Crippen LogP contribution < -0.4 is 10.3 Å². The summed E-state index contributed by atoms with van der Waals surface area (Å²) in [6.45, 7) is 2.13. The van der Waals surface area contributed by atoms with Gasteiger partial charge in [-0.1, -0.05) is 12.1 Å². The van der Waals surface area contributed by atoms with Crippen LogP contribution in [0.2, 0.25) is 0 Å². The second-order valence-corrected chi connectivity index (χ2v) is 7.11. The Morgan fingerprint density at radius 2 is 2.03 bits per heavy atom. The first-order valence-corrected chi connectivity index (χ1v) is 9.79. The largest absolute Gasteiger partial charge is 0.487 e. The van der Waals surface area contributed by atoms with E-state index < -0.39 is 5.97 Å². The molecule has 0 saturated heterocycles. The number of nitrogens with zero attached hydrogens (tertiary/aromatic N) is 3. The number of aryl methyl sites for hydroxylation is 1. The second kappa shape index (κ2) is 8.24. The van der Waals surface area contributed by atoms with Crippen LogP contribution in [-0.4, -0.2) is 20.3 Å². The highest BCUT2D eigenvalue weighted by atomic mass is 32.1. The molecule has 0 unspecified atom stereocenters. The van der Waals surface area contributed by atoms with Gasteiger partial charge >= 0.3 is 5.97 Å². The molecule has 8 heteroatoms. The lowest BCUT2D eigenvalue weighted by atomic mass is 10.2. The van der Waals surface area contributed by atoms with Gasteiger partial charge in [-0.25, -0.2) is 14.8 Å². The summed E-state index contributed by atoms with van der Waals surface area (Å²) in [6, 6.07) is 11.7. The van der Waals surface area contributed by atoms with E-state index in [9.17, 15) is 9.59 Å². The number of thiazole rings is 1. The van der Waals surface area contributed by atoms with Gasteiger partial charge in [0, 0.05) is 17.6 Å². The van der Waals surface area contributed by atoms with Crippen molar-refractivity contribution in [1.29, 1.82) is 0 Å². The SMILES string of the molecule is Cc1ccc2nc(COC(=O)c3cccc(OCc4cscn4)c3)cc(=O)n2c1. The zero-order valence-electron chi connectivity index (χ0n) is 15.6. The smallest absolute Gasteiger partial charge is 0.338 e. The van der Waals surface area contributed by atoms with Gasteiger partial charge in [0.1, 0.15) is 24.6 Å². The first kappa shape index (κ1) is 18.8. The van der Waals surface area contributed by atoms with Gasteiger partial charge in [-0.2, -0.15) is 0 Å². The molecule has 0 bridgehead atoms. The van der Waals surface area contributed by atoms with Crippen LogP contribution >= 0.6 is 11.3 Å². The van der Waals surface area contributed by atoms with Crippen LogP contribution in [0.4, 0.5) is 0 Å². The number of hydrogen-bond donors (Lipinski definition) is 0.